The maximum Gasteiger partial charge on any atom is 0.318 e. The van der Waals surface area contributed by atoms with Gasteiger partial charge in [0.15, 0.2) is 0 Å². The molecule has 4 nitrogen and oxygen atoms in total. The lowest BCUT2D eigenvalue weighted by Gasteiger charge is -2.22. The van der Waals surface area contributed by atoms with Gasteiger partial charge in [0.1, 0.15) is 0 Å². The summed E-state index contributed by atoms with van der Waals surface area (Å²) in [5.74, 6) is -0.00875. The van der Waals surface area contributed by atoms with Gasteiger partial charge in [-0.1, -0.05) is 33.6 Å². The van der Waals surface area contributed by atoms with Crippen LogP contribution in [0.25, 0.3) is 0 Å². The van der Waals surface area contributed by atoms with Gasteiger partial charge in [0.2, 0.25) is 5.91 Å². The number of rotatable bonds is 5. The van der Waals surface area contributed by atoms with Crippen molar-refractivity contribution in [1.29, 1.82) is 0 Å². The zero-order valence-corrected chi connectivity index (χ0v) is 9.17. The summed E-state index contributed by atoms with van der Waals surface area (Å²) in [5.41, 5.74) is 4.90. The molecule has 82 valence electrons. The molecule has 0 heterocycles. The Morgan fingerprint density at radius 2 is 1.64 bits per heavy atom. The van der Waals surface area contributed by atoms with Gasteiger partial charge in [-0.25, -0.2) is 4.79 Å². The Bertz CT molecular complexity index is 200. The molecule has 0 aromatic carbocycles. The second kappa shape index (κ2) is 6.40. The van der Waals surface area contributed by atoms with Crippen LogP contribution in [0.4, 0.5) is 4.79 Å². The first-order valence-corrected chi connectivity index (χ1v) is 5.16. The Hall–Kier alpha value is -1.06. The number of nitrogens with two attached hydrogens (primary N) is 1. The summed E-state index contributed by atoms with van der Waals surface area (Å²) in [6.07, 6.45) is 2.63. The molecule has 0 bridgehead atoms. The van der Waals surface area contributed by atoms with E-state index in [4.69, 9.17) is 5.73 Å². The molecular formula is C10H20N2O2. The fourth-order valence-corrected chi connectivity index (χ4v) is 1.80. The number of carbonyl (C=O) groups excluding carboxylic acids is 2. The van der Waals surface area contributed by atoms with E-state index in [9.17, 15) is 9.59 Å². The predicted molar refractivity (Wildman–Crippen MR) is 55.6 cm³/mol. The van der Waals surface area contributed by atoms with Crippen LogP contribution in [0.3, 0.4) is 0 Å². The molecule has 0 rings (SSSR count). The summed E-state index contributed by atoms with van der Waals surface area (Å²) in [6.45, 7) is 6.05. The molecule has 0 spiro atoms. The minimum absolute atomic E-state index is 0.0995. The van der Waals surface area contributed by atoms with E-state index < -0.39 is 6.03 Å². The summed E-state index contributed by atoms with van der Waals surface area (Å²) in [5, 5.41) is 2.14. The number of urea groups is 1. The van der Waals surface area contributed by atoms with Crippen molar-refractivity contribution in [2.24, 2.45) is 17.6 Å². The Morgan fingerprint density at radius 1 is 1.14 bits per heavy atom. The predicted octanol–water partition coefficient (Wildman–Crippen LogP) is 1.64. The minimum atomic E-state index is -0.764. The van der Waals surface area contributed by atoms with Crippen LogP contribution in [0.15, 0.2) is 0 Å². The van der Waals surface area contributed by atoms with Gasteiger partial charge in [-0.05, 0) is 12.3 Å². The minimum Gasteiger partial charge on any atom is -0.351 e. The van der Waals surface area contributed by atoms with Crippen LogP contribution >= 0.6 is 0 Å². The van der Waals surface area contributed by atoms with Crippen molar-refractivity contribution in [3.05, 3.63) is 0 Å². The van der Waals surface area contributed by atoms with E-state index in [0.717, 1.165) is 19.3 Å². The number of amides is 3. The molecule has 14 heavy (non-hydrogen) atoms. The zero-order valence-electron chi connectivity index (χ0n) is 9.17. The molecule has 0 aliphatic heterocycles. The normalized spacial score (nSPS) is 12.6. The van der Waals surface area contributed by atoms with Crippen LogP contribution in [0.5, 0.6) is 0 Å². The number of nitrogens with one attached hydrogen (secondary N) is 1. The van der Waals surface area contributed by atoms with Gasteiger partial charge in [-0.15, -0.1) is 0 Å². The van der Waals surface area contributed by atoms with Crippen LogP contribution in [-0.2, 0) is 4.79 Å². The number of hydrogen-bond donors (Lipinski definition) is 2. The van der Waals surface area contributed by atoms with Gasteiger partial charge in [-0.3, -0.25) is 10.1 Å². The van der Waals surface area contributed by atoms with Crippen LogP contribution in [-0.4, -0.2) is 11.9 Å². The van der Waals surface area contributed by atoms with E-state index in [0.29, 0.717) is 5.92 Å². The van der Waals surface area contributed by atoms with Gasteiger partial charge in [-0.2, -0.15) is 0 Å². The summed E-state index contributed by atoms with van der Waals surface area (Å²) >= 11 is 0. The topological polar surface area (TPSA) is 72.2 Å². The van der Waals surface area contributed by atoms with Crippen molar-refractivity contribution in [1.82, 2.24) is 5.32 Å². The average Bonchev–Trinajstić information content (AvgIpc) is 2.12. The third kappa shape index (κ3) is 3.77. The average molecular weight is 200 g/mol. The summed E-state index contributed by atoms with van der Waals surface area (Å²) in [7, 11) is 0. The van der Waals surface area contributed by atoms with E-state index in [2.05, 4.69) is 5.32 Å². The van der Waals surface area contributed by atoms with Crippen LogP contribution in [0.1, 0.15) is 40.0 Å². The van der Waals surface area contributed by atoms with E-state index >= 15 is 0 Å². The third-order valence-electron chi connectivity index (χ3n) is 2.64. The van der Waals surface area contributed by atoms with E-state index in [1.807, 2.05) is 20.8 Å². The van der Waals surface area contributed by atoms with Crippen molar-refractivity contribution in [3.63, 3.8) is 0 Å². The highest BCUT2D eigenvalue weighted by atomic mass is 16.2. The van der Waals surface area contributed by atoms with Crippen molar-refractivity contribution in [2.75, 3.05) is 0 Å². The molecule has 0 unspecified atom stereocenters. The second-order valence-corrected chi connectivity index (χ2v) is 3.44. The fraction of sp³-hybridized carbons (Fsp3) is 0.800. The van der Waals surface area contributed by atoms with Crippen LogP contribution in [0.2, 0.25) is 0 Å². The third-order valence-corrected chi connectivity index (χ3v) is 2.64. The van der Waals surface area contributed by atoms with E-state index in [1.165, 1.54) is 0 Å². The highest BCUT2D eigenvalue weighted by Crippen LogP contribution is 2.22. The number of hydrogen-bond acceptors (Lipinski definition) is 2. The Balaban J connectivity index is 4.37. The van der Waals surface area contributed by atoms with Crippen LogP contribution in [0, 0.1) is 11.8 Å². The van der Waals surface area contributed by atoms with Gasteiger partial charge in [0.25, 0.3) is 0 Å². The first kappa shape index (κ1) is 12.9. The Morgan fingerprint density at radius 3 is 1.93 bits per heavy atom. The maximum atomic E-state index is 11.5. The molecule has 4 heteroatoms. The SMILES string of the molecule is CCC(CC)[C@@H](CC)C(=O)NC(N)=O. The first-order valence-electron chi connectivity index (χ1n) is 5.16. The van der Waals surface area contributed by atoms with Gasteiger partial charge >= 0.3 is 6.03 Å². The van der Waals surface area contributed by atoms with Crippen molar-refractivity contribution in [3.8, 4) is 0 Å². The molecule has 0 radical (unpaired) electrons. The van der Waals surface area contributed by atoms with Crippen molar-refractivity contribution in [2.45, 2.75) is 40.0 Å². The first-order chi connectivity index (χ1) is 6.56. The molecule has 0 aliphatic carbocycles. The monoisotopic (exact) mass is 200 g/mol. The largest absolute Gasteiger partial charge is 0.351 e. The molecule has 3 amide bonds. The summed E-state index contributed by atoms with van der Waals surface area (Å²) in [4.78, 5) is 22.1. The smallest absolute Gasteiger partial charge is 0.318 e. The molecule has 0 aliphatic rings. The highest BCUT2D eigenvalue weighted by molar-refractivity contribution is 5.94. The van der Waals surface area contributed by atoms with Crippen LogP contribution < -0.4 is 11.1 Å². The number of imide groups is 1. The number of carbonyl (C=O) groups is 2. The lowest BCUT2D eigenvalue weighted by atomic mass is 9.85. The fourth-order valence-electron chi connectivity index (χ4n) is 1.80. The van der Waals surface area contributed by atoms with Gasteiger partial charge in [0, 0.05) is 5.92 Å². The van der Waals surface area contributed by atoms with Crippen molar-refractivity contribution < 1.29 is 9.59 Å². The Labute approximate surface area is 85.2 Å². The summed E-state index contributed by atoms with van der Waals surface area (Å²) < 4.78 is 0. The second-order valence-electron chi connectivity index (χ2n) is 3.44. The molecule has 0 fully saturated rings. The Kier molecular flexibility index (Phi) is 5.92. The molecule has 0 aromatic heterocycles. The molecule has 1 atom stereocenters. The quantitative estimate of drug-likeness (QED) is 0.708. The van der Waals surface area contributed by atoms with Gasteiger partial charge in [0.05, 0.1) is 0 Å². The van der Waals surface area contributed by atoms with Gasteiger partial charge < -0.3 is 5.73 Å². The van der Waals surface area contributed by atoms with E-state index in [1.54, 1.807) is 0 Å². The number of primary amides is 1. The molecular weight excluding hydrogens is 180 g/mol. The lowest BCUT2D eigenvalue weighted by molar-refractivity contribution is -0.125. The van der Waals surface area contributed by atoms with Crippen molar-refractivity contribution >= 4 is 11.9 Å². The molecule has 0 aromatic rings. The lowest BCUT2D eigenvalue weighted by Crippen LogP contribution is -2.41. The molecule has 3 N–H and O–H groups in total. The van der Waals surface area contributed by atoms with E-state index in [-0.39, 0.29) is 11.8 Å². The molecule has 0 saturated carbocycles. The summed E-state index contributed by atoms with van der Waals surface area (Å²) in [6, 6.07) is -0.764. The highest BCUT2D eigenvalue weighted by Gasteiger charge is 2.24. The maximum absolute atomic E-state index is 11.5. The molecule has 0 saturated heterocycles. The zero-order chi connectivity index (χ0) is 11.1. The standard InChI is InChI=1S/C10H20N2O2/c1-4-7(5-2)8(6-3)9(13)12-10(11)14/h7-8H,4-6H2,1-3H3,(H3,11,12,13,14)/t8-/m1/s1.